The van der Waals surface area contributed by atoms with E-state index in [4.69, 9.17) is 28.2 Å². The molecule has 1 fully saturated rings. The van der Waals surface area contributed by atoms with Gasteiger partial charge in [-0.3, -0.25) is 4.79 Å². The molecule has 4 atom stereocenters. The maximum atomic E-state index is 12.5. The fraction of sp³-hybridized carbons (Fsp3) is 0.619. The number of carbonyl (C=O) groups excluding carboxylic acids is 1. The molecular weight excluding hydrogens is 394 g/mol. The lowest BCUT2D eigenvalue weighted by Crippen LogP contribution is -2.66. The smallest absolute Gasteiger partial charge is 0.225 e. The van der Waals surface area contributed by atoms with Crippen molar-refractivity contribution in [3.63, 3.8) is 0 Å². The van der Waals surface area contributed by atoms with Crippen molar-refractivity contribution in [3.8, 4) is 0 Å². The Morgan fingerprint density at radius 2 is 1.89 bits per heavy atom. The molecular formula is C21H32ClNO2SSi. The summed E-state index contributed by atoms with van der Waals surface area (Å²) in [5, 5.41) is 3.84. The number of nitrogens with one attached hydrogen (secondary N) is 1. The number of thiocarbonyl (C=S) groups is 1. The van der Waals surface area contributed by atoms with Crippen molar-refractivity contribution in [2.75, 3.05) is 6.61 Å². The first-order valence-corrected chi connectivity index (χ1v) is 13.3. The van der Waals surface area contributed by atoms with Gasteiger partial charge >= 0.3 is 0 Å². The minimum absolute atomic E-state index is 0.00147. The first-order chi connectivity index (χ1) is 12.5. The summed E-state index contributed by atoms with van der Waals surface area (Å²) >= 11 is 11.7. The molecule has 150 valence electrons. The van der Waals surface area contributed by atoms with Crippen LogP contribution in [-0.2, 0) is 15.6 Å². The molecule has 0 aliphatic carbocycles. The summed E-state index contributed by atoms with van der Waals surface area (Å²) in [5.41, 5.74) is 1.15. The van der Waals surface area contributed by atoms with E-state index in [-0.39, 0.29) is 35.1 Å². The summed E-state index contributed by atoms with van der Waals surface area (Å²) < 4.78 is 6.04. The predicted octanol–water partition coefficient (Wildman–Crippen LogP) is 4.67. The molecule has 1 aromatic carbocycles. The van der Waals surface area contributed by atoms with Crippen molar-refractivity contribution in [1.82, 2.24) is 5.32 Å². The highest BCUT2D eigenvalue weighted by Crippen LogP contribution is 2.40. The van der Waals surface area contributed by atoms with E-state index in [1.165, 1.54) is 0 Å². The molecule has 0 bridgehead atoms. The lowest BCUT2D eigenvalue weighted by Gasteiger charge is -2.49. The van der Waals surface area contributed by atoms with Crippen molar-refractivity contribution in [3.05, 3.63) is 34.9 Å². The van der Waals surface area contributed by atoms with Crippen molar-refractivity contribution < 1.29 is 9.22 Å². The van der Waals surface area contributed by atoms with Gasteiger partial charge in [-0.05, 0) is 42.1 Å². The molecule has 1 heterocycles. The van der Waals surface area contributed by atoms with Crippen LogP contribution in [0.4, 0.5) is 0 Å². The van der Waals surface area contributed by atoms with Crippen molar-refractivity contribution in [1.29, 1.82) is 0 Å². The molecule has 0 saturated carbocycles. The van der Waals surface area contributed by atoms with Crippen LogP contribution >= 0.6 is 23.8 Å². The molecule has 2 rings (SSSR count). The number of carbonyl (C=O) groups is 1. The highest BCUT2D eigenvalue weighted by Gasteiger charge is 2.50. The highest BCUT2D eigenvalue weighted by atomic mass is 35.5. The van der Waals surface area contributed by atoms with Crippen LogP contribution in [0.2, 0.25) is 18.1 Å². The molecule has 0 unspecified atom stereocenters. The zero-order valence-corrected chi connectivity index (χ0v) is 19.9. The molecule has 1 aliphatic rings. The van der Waals surface area contributed by atoms with Gasteiger partial charge in [0.05, 0.1) is 5.92 Å². The van der Waals surface area contributed by atoms with Gasteiger partial charge in [0.1, 0.15) is 0 Å². The van der Waals surface area contributed by atoms with Crippen molar-refractivity contribution in [2.45, 2.75) is 53.3 Å². The third kappa shape index (κ3) is 5.86. The lowest BCUT2D eigenvalue weighted by molar-refractivity contribution is -0.143. The number of β-lactam (4-membered cyclic amide) rings is 1. The van der Waals surface area contributed by atoms with Crippen LogP contribution < -0.4 is 5.32 Å². The van der Waals surface area contributed by atoms with Crippen LogP contribution in [0, 0.1) is 23.2 Å². The van der Waals surface area contributed by atoms with E-state index in [9.17, 15) is 4.79 Å². The third-order valence-corrected chi connectivity index (χ3v) is 7.12. The second kappa shape index (κ2) is 9.16. The highest BCUT2D eigenvalue weighted by molar-refractivity contribution is 7.80. The summed E-state index contributed by atoms with van der Waals surface area (Å²) in [5.74, 6) is 0.414. The molecule has 27 heavy (non-hydrogen) atoms. The average Bonchev–Trinajstić information content (AvgIpc) is 2.56. The van der Waals surface area contributed by atoms with Gasteiger partial charge in [0, 0.05) is 34.9 Å². The Kier molecular flexibility index (Phi) is 7.65. The van der Waals surface area contributed by atoms with E-state index < -0.39 is 9.04 Å². The van der Waals surface area contributed by atoms with E-state index in [1.54, 1.807) is 0 Å². The summed E-state index contributed by atoms with van der Waals surface area (Å²) in [6.45, 7) is 13.7. The second-order valence-corrected chi connectivity index (χ2v) is 12.4. The van der Waals surface area contributed by atoms with Gasteiger partial charge in [-0.25, -0.2) is 0 Å². The van der Waals surface area contributed by atoms with Gasteiger partial charge < -0.3 is 9.74 Å². The minimum atomic E-state index is -1.13. The Morgan fingerprint density at radius 3 is 2.37 bits per heavy atom. The zero-order valence-electron chi connectivity index (χ0n) is 17.2. The van der Waals surface area contributed by atoms with Gasteiger partial charge in [-0.1, -0.05) is 63.6 Å². The van der Waals surface area contributed by atoms with Gasteiger partial charge in [-0.2, -0.15) is 0 Å². The Labute approximate surface area is 175 Å². The van der Waals surface area contributed by atoms with Gasteiger partial charge in [0.25, 0.3) is 0 Å². The zero-order chi connectivity index (χ0) is 20.4. The largest absolute Gasteiger partial charge is 0.420 e. The minimum Gasteiger partial charge on any atom is -0.420 e. The van der Waals surface area contributed by atoms with Crippen LogP contribution in [0.15, 0.2) is 24.3 Å². The molecule has 1 saturated heterocycles. The van der Waals surface area contributed by atoms with Crippen LogP contribution in [0.5, 0.6) is 0 Å². The molecule has 1 aliphatic heterocycles. The monoisotopic (exact) mass is 425 g/mol. The fourth-order valence-electron chi connectivity index (χ4n) is 3.64. The topological polar surface area (TPSA) is 38.3 Å². The SMILES string of the molecule is C[C@@H](C(=S)Cc1ccc(Cl)cc1)[C@H]1NC(=O)[C@H]1[C@@H](CO[SiH](C)C)C(C)(C)C. The second-order valence-electron chi connectivity index (χ2n) is 8.97. The first kappa shape index (κ1) is 22.5. The summed E-state index contributed by atoms with van der Waals surface area (Å²) in [4.78, 5) is 13.5. The Bertz CT molecular complexity index is 672. The Hall–Kier alpha value is -0.753. The van der Waals surface area contributed by atoms with E-state index in [1.807, 2.05) is 24.3 Å². The normalized spacial score (nSPS) is 22.1. The fourth-order valence-corrected chi connectivity index (χ4v) is 4.67. The average molecular weight is 426 g/mol. The third-order valence-electron chi connectivity index (χ3n) is 5.49. The quantitative estimate of drug-likeness (QED) is 0.373. The van der Waals surface area contributed by atoms with Crippen LogP contribution in [0.1, 0.15) is 33.3 Å². The van der Waals surface area contributed by atoms with E-state index in [0.717, 1.165) is 21.9 Å². The number of halogens is 1. The molecule has 1 N–H and O–H groups in total. The standard InChI is InChI=1S/C21H32ClNO2SSi/c1-13(17(26)11-14-7-9-15(22)10-8-14)19-18(20(24)23-19)16(21(2,3)4)12-25-27(5)6/h7-10,13,16,18-19,27H,11-12H2,1-6H3,(H,23,24)/t13-,16+,18-,19+/m0/s1. The van der Waals surface area contributed by atoms with Crippen LogP contribution in [-0.4, -0.2) is 32.5 Å². The van der Waals surface area contributed by atoms with Crippen LogP contribution in [0.25, 0.3) is 0 Å². The summed E-state index contributed by atoms with van der Waals surface area (Å²) in [7, 11) is -1.13. The summed E-state index contributed by atoms with van der Waals surface area (Å²) in [6, 6.07) is 7.88. The van der Waals surface area contributed by atoms with E-state index >= 15 is 0 Å². The van der Waals surface area contributed by atoms with E-state index in [2.05, 4.69) is 46.1 Å². The Morgan fingerprint density at radius 1 is 1.30 bits per heavy atom. The molecule has 0 spiro atoms. The number of hydrogen-bond donors (Lipinski definition) is 1. The maximum Gasteiger partial charge on any atom is 0.225 e. The van der Waals surface area contributed by atoms with Gasteiger partial charge in [-0.15, -0.1) is 0 Å². The van der Waals surface area contributed by atoms with Gasteiger partial charge in [0.2, 0.25) is 5.91 Å². The lowest BCUT2D eigenvalue weighted by atomic mass is 9.64. The molecule has 0 aromatic heterocycles. The van der Waals surface area contributed by atoms with Crippen molar-refractivity contribution >= 4 is 43.6 Å². The van der Waals surface area contributed by atoms with E-state index in [0.29, 0.717) is 6.61 Å². The van der Waals surface area contributed by atoms with Gasteiger partial charge in [0.15, 0.2) is 9.04 Å². The number of hydrogen-bond acceptors (Lipinski definition) is 3. The Balaban J connectivity index is 2.10. The molecule has 0 radical (unpaired) electrons. The first-order valence-electron chi connectivity index (χ1n) is 9.70. The molecule has 6 heteroatoms. The van der Waals surface area contributed by atoms with Crippen molar-refractivity contribution in [2.24, 2.45) is 23.2 Å². The van der Waals surface area contributed by atoms with Crippen LogP contribution in [0.3, 0.4) is 0 Å². The number of amides is 1. The number of rotatable bonds is 8. The molecule has 1 amide bonds. The predicted molar refractivity (Wildman–Crippen MR) is 120 cm³/mol. The molecule has 1 aromatic rings. The maximum absolute atomic E-state index is 12.5. The molecule has 3 nitrogen and oxygen atoms in total. The summed E-state index contributed by atoms with van der Waals surface area (Å²) in [6.07, 6.45) is 0.725. The number of benzene rings is 1.